The van der Waals surface area contributed by atoms with E-state index in [0.29, 0.717) is 5.56 Å². The quantitative estimate of drug-likeness (QED) is 0.790. The zero-order valence-electron chi connectivity index (χ0n) is 12.1. The Morgan fingerprint density at radius 2 is 1.55 bits per heavy atom. The summed E-state index contributed by atoms with van der Waals surface area (Å²) >= 11 is 0. The number of nitrogens with zero attached hydrogens (tertiary/aromatic N) is 1. The van der Waals surface area contributed by atoms with Crippen LogP contribution in [0.25, 0.3) is 0 Å². The Balaban J connectivity index is 1.83. The minimum absolute atomic E-state index is 0.0993. The molecule has 0 aliphatic carbocycles. The summed E-state index contributed by atoms with van der Waals surface area (Å²) in [5.74, 6) is -0.0993. The van der Waals surface area contributed by atoms with Gasteiger partial charge < -0.3 is 5.32 Å². The Morgan fingerprint density at radius 3 is 2.32 bits per heavy atom. The van der Waals surface area contributed by atoms with Gasteiger partial charge in [0.25, 0.3) is 5.91 Å². The first-order valence-corrected chi connectivity index (χ1v) is 7.16. The molecule has 1 aromatic heterocycles. The fraction of sp³-hybridized carbons (Fsp3) is 0.0526. The molecule has 1 N–H and O–H groups in total. The van der Waals surface area contributed by atoms with Crippen LogP contribution in [0.4, 0.5) is 5.69 Å². The molecule has 0 atom stereocenters. The molecule has 22 heavy (non-hydrogen) atoms. The molecular formula is C19H16N2O. The molecule has 1 heterocycles. The Labute approximate surface area is 129 Å². The van der Waals surface area contributed by atoms with Crippen LogP contribution in [0.2, 0.25) is 0 Å². The fourth-order valence-corrected chi connectivity index (χ4v) is 2.35. The SMILES string of the molecule is O=C(Nc1ccncc1)c1ccccc1Cc1ccccc1. The second-order valence-electron chi connectivity index (χ2n) is 5.01. The Morgan fingerprint density at radius 1 is 0.864 bits per heavy atom. The molecule has 0 aliphatic rings. The third-order valence-electron chi connectivity index (χ3n) is 3.44. The van der Waals surface area contributed by atoms with Gasteiger partial charge in [-0.15, -0.1) is 0 Å². The maximum atomic E-state index is 12.5. The van der Waals surface area contributed by atoms with Gasteiger partial charge >= 0.3 is 0 Å². The largest absolute Gasteiger partial charge is 0.322 e. The first-order chi connectivity index (χ1) is 10.8. The number of rotatable bonds is 4. The number of carbonyl (C=O) groups is 1. The summed E-state index contributed by atoms with van der Waals surface area (Å²) in [5, 5.41) is 2.91. The highest BCUT2D eigenvalue weighted by molar-refractivity contribution is 6.05. The molecule has 0 saturated heterocycles. The van der Waals surface area contributed by atoms with Crippen LogP contribution in [0.5, 0.6) is 0 Å². The summed E-state index contributed by atoms with van der Waals surface area (Å²) in [4.78, 5) is 16.4. The molecule has 3 nitrogen and oxygen atoms in total. The van der Waals surface area contributed by atoms with Crippen molar-refractivity contribution in [2.24, 2.45) is 0 Å². The van der Waals surface area contributed by atoms with Crippen molar-refractivity contribution < 1.29 is 4.79 Å². The average Bonchev–Trinajstić information content (AvgIpc) is 2.57. The summed E-state index contributed by atoms with van der Waals surface area (Å²) in [7, 11) is 0. The van der Waals surface area contributed by atoms with Crippen LogP contribution in [0.15, 0.2) is 79.1 Å². The molecule has 0 bridgehead atoms. The second-order valence-corrected chi connectivity index (χ2v) is 5.01. The van der Waals surface area contributed by atoms with Gasteiger partial charge in [-0.05, 0) is 35.7 Å². The van der Waals surface area contributed by atoms with Gasteiger partial charge in [0.15, 0.2) is 0 Å². The van der Waals surface area contributed by atoms with Gasteiger partial charge in [0.1, 0.15) is 0 Å². The first-order valence-electron chi connectivity index (χ1n) is 7.16. The lowest BCUT2D eigenvalue weighted by Crippen LogP contribution is -2.14. The highest BCUT2D eigenvalue weighted by Crippen LogP contribution is 2.16. The van der Waals surface area contributed by atoms with Crippen molar-refractivity contribution >= 4 is 11.6 Å². The number of anilines is 1. The van der Waals surface area contributed by atoms with Gasteiger partial charge in [0.2, 0.25) is 0 Å². The van der Waals surface area contributed by atoms with Crippen LogP contribution in [0, 0.1) is 0 Å². The van der Waals surface area contributed by atoms with E-state index in [4.69, 9.17) is 0 Å². The average molecular weight is 288 g/mol. The molecule has 0 spiro atoms. The zero-order valence-corrected chi connectivity index (χ0v) is 12.1. The predicted molar refractivity (Wildman–Crippen MR) is 87.9 cm³/mol. The van der Waals surface area contributed by atoms with E-state index in [0.717, 1.165) is 17.7 Å². The van der Waals surface area contributed by atoms with E-state index in [1.54, 1.807) is 24.5 Å². The van der Waals surface area contributed by atoms with Gasteiger partial charge in [-0.1, -0.05) is 48.5 Å². The van der Waals surface area contributed by atoms with Gasteiger partial charge in [-0.3, -0.25) is 9.78 Å². The molecular weight excluding hydrogens is 272 g/mol. The van der Waals surface area contributed by atoms with Crippen LogP contribution in [0.3, 0.4) is 0 Å². The van der Waals surface area contributed by atoms with Crippen molar-refractivity contribution in [2.75, 3.05) is 5.32 Å². The number of pyridine rings is 1. The number of hydrogen-bond acceptors (Lipinski definition) is 2. The Kier molecular flexibility index (Phi) is 4.25. The van der Waals surface area contributed by atoms with Crippen LogP contribution in [-0.2, 0) is 6.42 Å². The molecule has 1 amide bonds. The lowest BCUT2D eigenvalue weighted by molar-refractivity contribution is 0.102. The number of hydrogen-bond donors (Lipinski definition) is 1. The van der Waals surface area contributed by atoms with Crippen LogP contribution >= 0.6 is 0 Å². The van der Waals surface area contributed by atoms with Gasteiger partial charge in [0.05, 0.1) is 0 Å². The Bertz CT molecular complexity index is 755. The molecule has 108 valence electrons. The van der Waals surface area contributed by atoms with Crippen molar-refractivity contribution in [2.45, 2.75) is 6.42 Å². The normalized spacial score (nSPS) is 10.2. The number of benzene rings is 2. The van der Waals surface area contributed by atoms with E-state index in [1.165, 1.54) is 5.56 Å². The standard InChI is InChI=1S/C19H16N2O/c22-19(21-17-10-12-20-13-11-17)18-9-5-4-8-16(18)14-15-6-2-1-3-7-15/h1-13H,14H2,(H,20,21,22). The molecule has 3 heteroatoms. The summed E-state index contributed by atoms with van der Waals surface area (Å²) in [6.45, 7) is 0. The Hall–Kier alpha value is -2.94. The lowest BCUT2D eigenvalue weighted by atomic mass is 9.99. The van der Waals surface area contributed by atoms with E-state index in [9.17, 15) is 4.79 Å². The van der Waals surface area contributed by atoms with Crippen LogP contribution in [0.1, 0.15) is 21.5 Å². The molecule has 2 aromatic carbocycles. The summed E-state index contributed by atoms with van der Waals surface area (Å²) in [5.41, 5.74) is 3.64. The van der Waals surface area contributed by atoms with Gasteiger partial charge in [0, 0.05) is 23.6 Å². The van der Waals surface area contributed by atoms with Crippen molar-refractivity contribution in [3.05, 3.63) is 95.8 Å². The number of amides is 1. The summed E-state index contributed by atoms with van der Waals surface area (Å²) in [6, 6.07) is 21.4. The summed E-state index contributed by atoms with van der Waals surface area (Å²) in [6.07, 6.45) is 4.05. The topological polar surface area (TPSA) is 42.0 Å². The third kappa shape index (κ3) is 3.38. The number of nitrogens with one attached hydrogen (secondary N) is 1. The lowest BCUT2D eigenvalue weighted by Gasteiger charge is -2.10. The second kappa shape index (κ2) is 6.68. The van der Waals surface area contributed by atoms with E-state index < -0.39 is 0 Å². The molecule has 0 fully saturated rings. The van der Waals surface area contributed by atoms with Crippen LogP contribution in [-0.4, -0.2) is 10.9 Å². The highest BCUT2D eigenvalue weighted by atomic mass is 16.1. The van der Waals surface area contributed by atoms with E-state index in [-0.39, 0.29) is 5.91 Å². The molecule has 0 radical (unpaired) electrons. The maximum absolute atomic E-state index is 12.5. The maximum Gasteiger partial charge on any atom is 0.255 e. The molecule has 0 aliphatic heterocycles. The third-order valence-corrected chi connectivity index (χ3v) is 3.44. The van der Waals surface area contributed by atoms with Crippen molar-refractivity contribution in [3.63, 3.8) is 0 Å². The minimum atomic E-state index is -0.0993. The van der Waals surface area contributed by atoms with Crippen molar-refractivity contribution in [1.82, 2.24) is 4.98 Å². The first kappa shape index (κ1) is 14.0. The molecule has 3 aromatic rings. The van der Waals surface area contributed by atoms with E-state index in [1.807, 2.05) is 42.5 Å². The summed E-state index contributed by atoms with van der Waals surface area (Å²) < 4.78 is 0. The van der Waals surface area contributed by atoms with Gasteiger partial charge in [-0.25, -0.2) is 0 Å². The highest BCUT2D eigenvalue weighted by Gasteiger charge is 2.11. The van der Waals surface area contributed by atoms with Gasteiger partial charge in [-0.2, -0.15) is 0 Å². The van der Waals surface area contributed by atoms with E-state index >= 15 is 0 Å². The monoisotopic (exact) mass is 288 g/mol. The predicted octanol–water partition coefficient (Wildman–Crippen LogP) is 3.92. The number of aromatic nitrogens is 1. The molecule has 0 unspecified atom stereocenters. The smallest absolute Gasteiger partial charge is 0.255 e. The molecule has 0 saturated carbocycles. The van der Waals surface area contributed by atoms with Crippen molar-refractivity contribution in [1.29, 1.82) is 0 Å². The minimum Gasteiger partial charge on any atom is -0.322 e. The van der Waals surface area contributed by atoms with Crippen molar-refractivity contribution in [3.8, 4) is 0 Å². The molecule has 3 rings (SSSR count). The fourth-order valence-electron chi connectivity index (χ4n) is 2.35. The van der Waals surface area contributed by atoms with Crippen LogP contribution < -0.4 is 5.32 Å². The number of carbonyl (C=O) groups excluding carboxylic acids is 1. The van der Waals surface area contributed by atoms with E-state index in [2.05, 4.69) is 22.4 Å². The zero-order chi connectivity index (χ0) is 15.2.